The van der Waals surface area contributed by atoms with Gasteiger partial charge in [-0.2, -0.15) is 0 Å². The molecule has 0 bridgehead atoms. The van der Waals surface area contributed by atoms with E-state index < -0.39 is 36.0 Å². The summed E-state index contributed by atoms with van der Waals surface area (Å²) in [7, 11) is 1.59. The van der Waals surface area contributed by atoms with Crippen molar-refractivity contribution in [3.63, 3.8) is 0 Å². The number of amidine groups is 1. The third-order valence-corrected chi connectivity index (χ3v) is 5.33. The van der Waals surface area contributed by atoms with Crippen LogP contribution in [0.5, 0.6) is 0 Å². The van der Waals surface area contributed by atoms with Crippen LogP contribution < -0.4 is 10.6 Å². The van der Waals surface area contributed by atoms with Gasteiger partial charge in [-0.15, -0.1) is 0 Å². The summed E-state index contributed by atoms with van der Waals surface area (Å²) in [5, 5.41) is 26.7. The van der Waals surface area contributed by atoms with E-state index in [1.165, 1.54) is 24.3 Å². The quantitative estimate of drug-likeness (QED) is 0.151. The largest absolute Gasteiger partial charge is 0.480 e. The summed E-state index contributed by atoms with van der Waals surface area (Å²) >= 11 is 0. The first-order chi connectivity index (χ1) is 17.7. The Morgan fingerprint density at radius 1 is 0.946 bits per heavy atom. The highest BCUT2D eigenvalue weighted by atomic mass is 19.1. The second-order valence-corrected chi connectivity index (χ2v) is 7.99. The second-order valence-electron chi connectivity index (χ2n) is 7.99. The van der Waals surface area contributed by atoms with E-state index in [1.807, 2.05) is 0 Å². The zero-order chi connectivity index (χ0) is 26.9. The summed E-state index contributed by atoms with van der Waals surface area (Å²) in [5.74, 6) is -3.42. The number of halogens is 2. The van der Waals surface area contributed by atoms with Crippen LogP contribution in [0.3, 0.4) is 0 Å². The summed E-state index contributed by atoms with van der Waals surface area (Å²) < 4.78 is 27.1. The van der Waals surface area contributed by atoms with Crippen molar-refractivity contribution < 1.29 is 33.5 Å². The number of nitrogens with one attached hydrogen (secondary N) is 2. The number of carbonyl (C=O) groups is 3. The van der Waals surface area contributed by atoms with Crippen LogP contribution >= 0.6 is 0 Å². The third-order valence-electron chi connectivity index (χ3n) is 5.33. The van der Waals surface area contributed by atoms with E-state index >= 15 is 0 Å². The number of aliphatic carboxylic acids is 1. The van der Waals surface area contributed by atoms with Gasteiger partial charge in [0.05, 0.1) is 6.42 Å². The Labute approximate surface area is 211 Å². The SMILES string of the molecule is CN/C(=N\O)c1ccc(CN(CC(=O)O)C(=O)c2ccc(NC(=O)Cc3cc(F)ccc3F)cc2)cc1. The van der Waals surface area contributed by atoms with Crippen LogP contribution in [0.25, 0.3) is 0 Å². The van der Waals surface area contributed by atoms with Gasteiger partial charge in [-0.05, 0) is 48.0 Å². The molecule has 192 valence electrons. The number of anilines is 1. The van der Waals surface area contributed by atoms with Crippen molar-refractivity contribution in [2.45, 2.75) is 13.0 Å². The minimum atomic E-state index is -1.19. The first-order valence-electron chi connectivity index (χ1n) is 11.0. The van der Waals surface area contributed by atoms with Crippen LogP contribution in [-0.4, -0.2) is 52.4 Å². The minimum Gasteiger partial charge on any atom is -0.480 e. The average Bonchev–Trinajstić information content (AvgIpc) is 2.87. The van der Waals surface area contributed by atoms with E-state index in [9.17, 15) is 28.3 Å². The lowest BCUT2D eigenvalue weighted by molar-refractivity contribution is -0.137. The van der Waals surface area contributed by atoms with Crippen molar-refractivity contribution in [3.8, 4) is 0 Å². The Hall–Kier alpha value is -4.80. The molecular weight excluding hydrogens is 486 g/mol. The lowest BCUT2D eigenvalue weighted by Gasteiger charge is -2.21. The second kappa shape index (κ2) is 12.2. The van der Waals surface area contributed by atoms with Gasteiger partial charge in [-0.3, -0.25) is 14.4 Å². The molecule has 11 heteroatoms. The Bertz CT molecular complexity index is 1310. The Morgan fingerprint density at radius 3 is 2.19 bits per heavy atom. The van der Waals surface area contributed by atoms with E-state index in [0.29, 0.717) is 16.8 Å². The van der Waals surface area contributed by atoms with Crippen molar-refractivity contribution in [1.29, 1.82) is 0 Å². The molecule has 4 N–H and O–H groups in total. The molecule has 0 aromatic heterocycles. The predicted molar refractivity (Wildman–Crippen MR) is 131 cm³/mol. The molecule has 37 heavy (non-hydrogen) atoms. The van der Waals surface area contributed by atoms with Gasteiger partial charge in [-0.1, -0.05) is 29.4 Å². The van der Waals surface area contributed by atoms with E-state index in [4.69, 9.17) is 5.21 Å². The van der Waals surface area contributed by atoms with Gasteiger partial charge in [0.25, 0.3) is 5.91 Å². The molecule has 0 aliphatic carbocycles. The van der Waals surface area contributed by atoms with Crippen LogP contribution in [0.4, 0.5) is 14.5 Å². The van der Waals surface area contributed by atoms with Crippen LogP contribution in [-0.2, 0) is 22.6 Å². The number of hydrogen-bond donors (Lipinski definition) is 4. The Morgan fingerprint density at radius 2 is 1.59 bits per heavy atom. The first kappa shape index (κ1) is 26.8. The lowest BCUT2D eigenvalue weighted by Crippen LogP contribution is -2.35. The monoisotopic (exact) mass is 510 g/mol. The molecule has 0 aliphatic rings. The highest BCUT2D eigenvalue weighted by Crippen LogP contribution is 2.16. The number of carboxylic acids is 1. The summed E-state index contributed by atoms with van der Waals surface area (Å²) in [6, 6.07) is 15.3. The minimum absolute atomic E-state index is 0.00819. The molecule has 0 unspecified atom stereocenters. The van der Waals surface area contributed by atoms with Crippen molar-refractivity contribution >= 4 is 29.3 Å². The molecule has 3 aromatic rings. The van der Waals surface area contributed by atoms with Gasteiger partial charge in [0.1, 0.15) is 18.2 Å². The van der Waals surface area contributed by atoms with Gasteiger partial charge in [0, 0.05) is 36.0 Å². The maximum Gasteiger partial charge on any atom is 0.323 e. The molecule has 2 amide bonds. The topological polar surface area (TPSA) is 131 Å². The van der Waals surface area contributed by atoms with Gasteiger partial charge < -0.3 is 25.8 Å². The van der Waals surface area contributed by atoms with E-state index in [0.717, 1.165) is 23.1 Å². The molecule has 0 saturated heterocycles. The molecular formula is C26H24F2N4O5. The molecule has 0 fully saturated rings. The number of hydrogen-bond acceptors (Lipinski definition) is 5. The van der Waals surface area contributed by atoms with Crippen LogP contribution in [0, 0.1) is 11.6 Å². The van der Waals surface area contributed by atoms with Crippen molar-refractivity contribution in [2.24, 2.45) is 5.16 Å². The van der Waals surface area contributed by atoms with Gasteiger partial charge in [0.2, 0.25) is 5.91 Å². The number of rotatable bonds is 9. The van der Waals surface area contributed by atoms with Crippen LogP contribution in [0.15, 0.2) is 71.9 Å². The normalized spacial score (nSPS) is 11.1. The van der Waals surface area contributed by atoms with Crippen LogP contribution in [0.2, 0.25) is 0 Å². The summed E-state index contributed by atoms with van der Waals surface area (Å²) in [6.45, 7) is -0.535. The molecule has 0 aliphatic heterocycles. The fraction of sp³-hybridized carbons (Fsp3) is 0.154. The average molecular weight is 510 g/mol. The Kier molecular flexibility index (Phi) is 8.87. The van der Waals surface area contributed by atoms with Crippen LogP contribution in [0.1, 0.15) is 27.0 Å². The number of carbonyl (C=O) groups excluding carboxylic acids is 2. The molecule has 0 heterocycles. The third kappa shape index (κ3) is 7.34. The fourth-order valence-corrected chi connectivity index (χ4v) is 3.54. The summed E-state index contributed by atoms with van der Waals surface area (Å²) in [6.07, 6.45) is -0.380. The maximum absolute atomic E-state index is 13.8. The zero-order valence-electron chi connectivity index (χ0n) is 19.7. The van der Waals surface area contributed by atoms with E-state index in [1.54, 1.807) is 31.3 Å². The van der Waals surface area contributed by atoms with Gasteiger partial charge in [-0.25, -0.2) is 8.78 Å². The molecule has 0 saturated carbocycles. The number of amides is 2. The fourth-order valence-electron chi connectivity index (χ4n) is 3.54. The standard InChI is InChI=1S/C26H24F2N4O5/c1-29-25(31-37)17-4-2-16(3-5-17)14-32(15-24(34)35)26(36)18-6-9-21(10-7-18)30-23(33)13-19-12-20(27)8-11-22(19)28/h2-12,37H,13-15H2,1H3,(H,29,31)(H,30,33)(H,34,35). The van der Waals surface area contributed by atoms with Gasteiger partial charge >= 0.3 is 5.97 Å². The number of benzene rings is 3. The smallest absolute Gasteiger partial charge is 0.323 e. The molecule has 0 radical (unpaired) electrons. The number of nitrogens with zero attached hydrogens (tertiary/aromatic N) is 2. The molecule has 0 atom stereocenters. The van der Waals surface area contributed by atoms with E-state index in [2.05, 4.69) is 15.8 Å². The highest BCUT2D eigenvalue weighted by molar-refractivity contribution is 5.98. The molecule has 0 spiro atoms. The van der Waals surface area contributed by atoms with Crippen molar-refractivity contribution in [2.75, 3.05) is 18.9 Å². The van der Waals surface area contributed by atoms with Gasteiger partial charge in [0.15, 0.2) is 5.84 Å². The summed E-state index contributed by atoms with van der Waals surface area (Å²) in [4.78, 5) is 37.8. The lowest BCUT2D eigenvalue weighted by atomic mass is 10.1. The van der Waals surface area contributed by atoms with Crippen molar-refractivity contribution in [1.82, 2.24) is 10.2 Å². The molecule has 3 rings (SSSR count). The highest BCUT2D eigenvalue weighted by Gasteiger charge is 2.19. The predicted octanol–water partition coefficient (Wildman–Crippen LogP) is 3.23. The Balaban J connectivity index is 1.69. The maximum atomic E-state index is 13.8. The first-order valence-corrected chi connectivity index (χ1v) is 11.0. The summed E-state index contributed by atoms with van der Waals surface area (Å²) in [5.41, 5.74) is 1.68. The molecule has 3 aromatic carbocycles. The number of oxime groups is 1. The molecule has 9 nitrogen and oxygen atoms in total. The zero-order valence-corrected chi connectivity index (χ0v) is 19.7. The van der Waals surface area contributed by atoms with Crippen molar-refractivity contribution in [3.05, 3.63) is 101 Å². The number of carboxylic acid groups (broad SMARTS) is 1. The van der Waals surface area contributed by atoms with E-state index in [-0.39, 0.29) is 29.9 Å².